The molecular formula is C16H18N4. The van der Waals surface area contributed by atoms with Crippen LogP contribution in [0.2, 0.25) is 0 Å². The van der Waals surface area contributed by atoms with Gasteiger partial charge in [-0.1, -0.05) is 24.3 Å². The number of para-hydroxylation sites is 1. The molecule has 3 aromatic rings. The van der Waals surface area contributed by atoms with E-state index in [0.29, 0.717) is 0 Å². The Morgan fingerprint density at radius 1 is 1.05 bits per heavy atom. The van der Waals surface area contributed by atoms with E-state index in [9.17, 15) is 0 Å². The van der Waals surface area contributed by atoms with Gasteiger partial charge in [-0.3, -0.25) is 9.67 Å². The Morgan fingerprint density at radius 2 is 2.00 bits per heavy atom. The van der Waals surface area contributed by atoms with Crippen molar-refractivity contribution < 1.29 is 0 Å². The second-order valence-corrected chi connectivity index (χ2v) is 4.79. The Labute approximate surface area is 118 Å². The molecule has 0 radical (unpaired) electrons. The van der Waals surface area contributed by atoms with Crippen molar-refractivity contribution >= 4 is 10.9 Å². The molecule has 0 atom stereocenters. The van der Waals surface area contributed by atoms with Crippen LogP contribution in [0.15, 0.2) is 55.0 Å². The van der Waals surface area contributed by atoms with Gasteiger partial charge in [-0.05, 0) is 30.7 Å². The number of fused-ring (bicyclic) bond motifs is 1. The Hall–Kier alpha value is -2.20. The summed E-state index contributed by atoms with van der Waals surface area (Å²) in [6.45, 7) is 2.78. The second-order valence-electron chi connectivity index (χ2n) is 4.79. The number of benzene rings is 1. The fourth-order valence-corrected chi connectivity index (χ4v) is 2.33. The zero-order chi connectivity index (χ0) is 13.6. The largest absolute Gasteiger partial charge is 0.313 e. The average Bonchev–Trinajstić information content (AvgIpc) is 3.00. The first-order valence-corrected chi connectivity index (χ1v) is 6.94. The molecule has 3 rings (SSSR count). The van der Waals surface area contributed by atoms with Crippen molar-refractivity contribution in [1.82, 2.24) is 20.1 Å². The van der Waals surface area contributed by atoms with Gasteiger partial charge in [0.1, 0.15) is 0 Å². The molecule has 20 heavy (non-hydrogen) atoms. The zero-order valence-corrected chi connectivity index (χ0v) is 11.4. The first-order valence-electron chi connectivity index (χ1n) is 6.94. The molecule has 0 aliphatic heterocycles. The summed E-state index contributed by atoms with van der Waals surface area (Å²) >= 11 is 0. The lowest BCUT2D eigenvalue weighted by molar-refractivity contribution is 0.544. The molecule has 0 saturated heterocycles. The maximum Gasteiger partial charge on any atom is 0.0746 e. The van der Waals surface area contributed by atoms with E-state index in [-0.39, 0.29) is 0 Å². The Kier molecular flexibility index (Phi) is 4.04. The van der Waals surface area contributed by atoms with Gasteiger partial charge in [0.05, 0.1) is 5.52 Å². The summed E-state index contributed by atoms with van der Waals surface area (Å²) in [7, 11) is 0. The highest BCUT2D eigenvalue weighted by Crippen LogP contribution is 2.15. The lowest BCUT2D eigenvalue weighted by Crippen LogP contribution is -2.17. The molecule has 102 valence electrons. The van der Waals surface area contributed by atoms with Crippen LogP contribution in [0, 0.1) is 0 Å². The van der Waals surface area contributed by atoms with Crippen LogP contribution in [-0.4, -0.2) is 21.3 Å². The molecule has 0 bridgehead atoms. The molecule has 0 fully saturated rings. The van der Waals surface area contributed by atoms with Crippen LogP contribution in [0.5, 0.6) is 0 Å². The lowest BCUT2D eigenvalue weighted by Gasteiger charge is -2.07. The van der Waals surface area contributed by atoms with Crippen molar-refractivity contribution in [2.45, 2.75) is 19.5 Å². The van der Waals surface area contributed by atoms with Crippen molar-refractivity contribution in [3.05, 3.63) is 60.6 Å². The van der Waals surface area contributed by atoms with E-state index < -0.39 is 0 Å². The SMILES string of the molecule is c1cnc2c(CNCCCn3cccn3)cccc2c1. The molecule has 0 amide bonds. The Balaban J connectivity index is 1.52. The fraction of sp³-hybridized carbons (Fsp3) is 0.250. The van der Waals surface area contributed by atoms with Gasteiger partial charge < -0.3 is 5.32 Å². The third-order valence-corrected chi connectivity index (χ3v) is 3.33. The summed E-state index contributed by atoms with van der Waals surface area (Å²) in [5.41, 5.74) is 2.34. The number of hydrogen-bond donors (Lipinski definition) is 1. The van der Waals surface area contributed by atoms with Gasteiger partial charge in [0, 0.05) is 37.1 Å². The fourth-order valence-electron chi connectivity index (χ4n) is 2.33. The van der Waals surface area contributed by atoms with E-state index in [1.165, 1.54) is 10.9 Å². The van der Waals surface area contributed by atoms with E-state index >= 15 is 0 Å². The molecule has 0 aliphatic rings. The maximum absolute atomic E-state index is 4.47. The first kappa shape index (κ1) is 12.8. The third kappa shape index (κ3) is 3.03. The topological polar surface area (TPSA) is 42.7 Å². The summed E-state index contributed by atoms with van der Waals surface area (Å²) in [5, 5.41) is 8.86. The summed E-state index contributed by atoms with van der Waals surface area (Å²) < 4.78 is 1.96. The van der Waals surface area contributed by atoms with Crippen LogP contribution in [0.25, 0.3) is 10.9 Å². The van der Waals surface area contributed by atoms with Crippen molar-refractivity contribution in [3.63, 3.8) is 0 Å². The number of nitrogens with zero attached hydrogens (tertiary/aromatic N) is 3. The van der Waals surface area contributed by atoms with Gasteiger partial charge in [0.2, 0.25) is 0 Å². The van der Waals surface area contributed by atoms with Crippen molar-refractivity contribution in [2.24, 2.45) is 0 Å². The van der Waals surface area contributed by atoms with Crippen molar-refractivity contribution in [2.75, 3.05) is 6.54 Å². The van der Waals surface area contributed by atoms with Gasteiger partial charge in [-0.2, -0.15) is 5.10 Å². The minimum absolute atomic E-state index is 0.855. The minimum Gasteiger partial charge on any atom is -0.313 e. The molecule has 1 aromatic carbocycles. The second kappa shape index (κ2) is 6.30. The smallest absolute Gasteiger partial charge is 0.0746 e. The Bertz CT molecular complexity index is 656. The predicted molar refractivity (Wildman–Crippen MR) is 80.3 cm³/mol. The monoisotopic (exact) mass is 266 g/mol. The van der Waals surface area contributed by atoms with Gasteiger partial charge in [-0.25, -0.2) is 0 Å². The highest BCUT2D eigenvalue weighted by molar-refractivity contribution is 5.81. The maximum atomic E-state index is 4.47. The van der Waals surface area contributed by atoms with E-state index in [0.717, 1.165) is 31.6 Å². The molecule has 2 heterocycles. The van der Waals surface area contributed by atoms with Gasteiger partial charge >= 0.3 is 0 Å². The molecule has 0 unspecified atom stereocenters. The van der Waals surface area contributed by atoms with E-state index in [4.69, 9.17) is 0 Å². The molecule has 1 N–H and O–H groups in total. The minimum atomic E-state index is 0.855. The standard InChI is InChI=1S/C16H18N4/c1-5-14-7-2-9-18-16(14)15(6-1)13-17-8-3-11-20-12-4-10-19-20/h1-2,4-7,9-10,12,17H,3,8,11,13H2. The van der Waals surface area contributed by atoms with E-state index in [1.807, 2.05) is 35.4 Å². The van der Waals surface area contributed by atoms with Gasteiger partial charge in [-0.15, -0.1) is 0 Å². The summed E-state index contributed by atoms with van der Waals surface area (Å²) in [5.74, 6) is 0. The van der Waals surface area contributed by atoms with Crippen molar-refractivity contribution in [3.8, 4) is 0 Å². The number of rotatable bonds is 6. The number of hydrogen-bond acceptors (Lipinski definition) is 3. The average molecular weight is 266 g/mol. The number of nitrogens with one attached hydrogen (secondary N) is 1. The molecular weight excluding hydrogens is 248 g/mol. The number of pyridine rings is 1. The molecule has 0 aliphatic carbocycles. The van der Waals surface area contributed by atoms with Gasteiger partial charge in [0.15, 0.2) is 0 Å². The number of aryl methyl sites for hydroxylation is 1. The van der Waals surface area contributed by atoms with Crippen LogP contribution in [-0.2, 0) is 13.1 Å². The molecule has 0 spiro atoms. The molecule has 4 heteroatoms. The zero-order valence-electron chi connectivity index (χ0n) is 11.4. The van der Waals surface area contributed by atoms with Crippen LogP contribution in [0.1, 0.15) is 12.0 Å². The van der Waals surface area contributed by atoms with E-state index in [2.05, 4.69) is 39.7 Å². The number of aromatic nitrogens is 3. The molecule has 4 nitrogen and oxygen atoms in total. The summed E-state index contributed by atoms with van der Waals surface area (Å²) in [6, 6.07) is 12.4. The predicted octanol–water partition coefficient (Wildman–Crippen LogP) is 2.61. The normalized spacial score (nSPS) is 11.0. The van der Waals surface area contributed by atoms with Crippen LogP contribution in [0.3, 0.4) is 0 Å². The molecule has 2 aromatic heterocycles. The first-order chi connectivity index (χ1) is 9.93. The quantitative estimate of drug-likeness (QED) is 0.697. The van der Waals surface area contributed by atoms with E-state index in [1.54, 1.807) is 0 Å². The van der Waals surface area contributed by atoms with Crippen molar-refractivity contribution in [1.29, 1.82) is 0 Å². The highest BCUT2D eigenvalue weighted by atomic mass is 15.3. The van der Waals surface area contributed by atoms with Crippen LogP contribution >= 0.6 is 0 Å². The lowest BCUT2D eigenvalue weighted by atomic mass is 10.1. The Morgan fingerprint density at radius 3 is 2.90 bits per heavy atom. The molecule has 0 saturated carbocycles. The summed E-state index contributed by atoms with van der Waals surface area (Å²) in [4.78, 5) is 4.47. The van der Waals surface area contributed by atoms with Crippen LogP contribution in [0.4, 0.5) is 0 Å². The van der Waals surface area contributed by atoms with Gasteiger partial charge in [0.25, 0.3) is 0 Å². The highest BCUT2D eigenvalue weighted by Gasteiger charge is 2.00. The summed E-state index contributed by atoms with van der Waals surface area (Å²) in [6.07, 6.45) is 6.73. The third-order valence-electron chi connectivity index (χ3n) is 3.33. The van der Waals surface area contributed by atoms with Crippen LogP contribution < -0.4 is 5.32 Å².